The number of halogens is 1. The van der Waals surface area contributed by atoms with Crippen molar-refractivity contribution in [2.45, 2.75) is 18.9 Å². The molecule has 2 aromatic rings. The van der Waals surface area contributed by atoms with E-state index in [1.807, 2.05) is 0 Å². The number of aromatic nitrogens is 1. The number of nitrogen functional groups attached to an aromatic ring is 1. The lowest BCUT2D eigenvalue weighted by Crippen LogP contribution is -2.19. The van der Waals surface area contributed by atoms with Gasteiger partial charge in [0.1, 0.15) is 11.4 Å². The van der Waals surface area contributed by atoms with Gasteiger partial charge < -0.3 is 15.1 Å². The predicted molar refractivity (Wildman–Crippen MR) is 71.2 cm³/mol. The lowest BCUT2D eigenvalue weighted by atomic mass is 10.1. The van der Waals surface area contributed by atoms with Gasteiger partial charge in [-0.1, -0.05) is 0 Å². The van der Waals surface area contributed by atoms with Crippen LogP contribution in [0, 0.1) is 5.82 Å². The fourth-order valence-electron chi connectivity index (χ4n) is 2.29. The fraction of sp³-hybridized carbons (Fsp3) is 0.231. The number of carboxylic acid groups (broad SMARTS) is 1. The Labute approximate surface area is 112 Å². The average molecular weight is 277 g/mol. The fourth-order valence-corrected chi connectivity index (χ4v) is 2.29. The molecule has 0 amide bonds. The second-order valence-corrected chi connectivity index (χ2v) is 4.81. The molecule has 20 heavy (non-hydrogen) atoms. The number of pyridine rings is 1. The molecule has 1 aromatic carbocycles. The number of hydrogen-bond acceptors (Lipinski definition) is 4. The maximum absolute atomic E-state index is 13.7. The molecule has 0 bridgehead atoms. The molecule has 0 radical (unpaired) electrons. The number of nitrogens with zero attached hydrogens (tertiary/aromatic N) is 1. The minimum Gasteiger partial charge on any atom is -0.477 e. The zero-order valence-electron chi connectivity index (χ0n) is 10.4. The molecule has 1 saturated carbocycles. The minimum absolute atomic E-state index is 0.0494. The summed E-state index contributed by atoms with van der Waals surface area (Å²) in [7, 11) is 0. The van der Waals surface area contributed by atoms with Crippen LogP contribution in [0.5, 0.6) is 0 Å². The largest absolute Gasteiger partial charge is 0.477 e. The summed E-state index contributed by atoms with van der Waals surface area (Å²) in [6.07, 6.45) is 3.13. The van der Waals surface area contributed by atoms with Crippen molar-refractivity contribution in [2.24, 2.45) is 5.84 Å². The lowest BCUT2D eigenvalue weighted by molar-refractivity contribution is 0.0695. The first kappa shape index (κ1) is 12.6. The number of nitrogens with one attached hydrogen (secondary N) is 1. The van der Waals surface area contributed by atoms with Crippen LogP contribution in [0.25, 0.3) is 10.9 Å². The van der Waals surface area contributed by atoms with E-state index in [4.69, 9.17) is 10.9 Å². The SMILES string of the molecule is NNc1cc2c(cc1F)c(=O)c(C(=O)O)cn2C1CC1. The van der Waals surface area contributed by atoms with Gasteiger partial charge in [0, 0.05) is 17.6 Å². The number of hydrogen-bond donors (Lipinski definition) is 3. The van der Waals surface area contributed by atoms with E-state index >= 15 is 0 Å². The molecular formula is C13H12FN3O3. The molecule has 1 heterocycles. The van der Waals surface area contributed by atoms with Crippen LogP contribution in [0.3, 0.4) is 0 Å². The van der Waals surface area contributed by atoms with Crippen molar-refractivity contribution in [1.82, 2.24) is 4.57 Å². The number of benzene rings is 1. The molecule has 1 aromatic heterocycles. The third-order valence-corrected chi connectivity index (χ3v) is 3.45. The van der Waals surface area contributed by atoms with Crippen LogP contribution in [0.1, 0.15) is 29.2 Å². The van der Waals surface area contributed by atoms with E-state index in [9.17, 15) is 14.0 Å². The number of anilines is 1. The maximum atomic E-state index is 13.7. The third-order valence-electron chi connectivity index (χ3n) is 3.45. The molecule has 1 aliphatic rings. The number of carbonyl (C=O) groups is 1. The highest BCUT2D eigenvalue weighted by Crippen LogP contribution is 2.37. The molecule has 0 spiro atoms. The lowest BCUT2D eigenvalue weighted by Gasteiger charge is -2.13. The second-order valence-electron chi connectivity index (χ2n) is 4.81. The maximum Gasteiger partial charge on any atom is 0.341 e. The van der Waals surface area contributed by atoms with E-state index in [2.05, 4.69) is 5.43 Å². The first-order chi connectivity index (χ1) is 9.52. The molecule has 7 heteroatoms. The quantitative estimate of drug-likeness (QED) is 0.583. The van der Waals surface area contributed by atoms with Gasteiger partial charge in [-0.15, -0.1) is 0 Å². The Morgan fingerprint density at radius 1 is 1.45 bits per heavy atom. The molecule has 4 N–H and O–H groups in total. The number of rotatable bonds is 3. The highest BCUT2D eigenvalue weighted by atomic mass is 19.1. The first-order valence-corrected chi connectivity index (χ1v) is 6.11. The van der Waals surface area contributed by atoms with Crippen molar-refractivity contribution < 1.29 is 14.3 Å². The second kappa shape index (κ2) is 4.31. The van der Waals surface area contributed by atoms with Crippen molar-refractivity contribution in [3.63, 3.8) is 0 Å². The van der Waals surface area contributed by atoms with Crippen molar-refractivity contribution in [1.29, 1.82) is 0 Å². The Morgan fingerprint density at radius 3 is 2.70 bits per heavy atom. The number of carboxylic acids is 1. The van der Waals surface area contributed by atoms with Crippen molar-refractivity contribution in [3.8, 4) is 0 Å². The van der Waals surface area contributed by atoms with Crippen LogP contribution < -0.4 is 16.7 Å². The summed E-state index contributed by atoms with van der Waals surface area (Å²) in [5.41, 5.74) is 1.73. The number of aromatic carboxylic acids is 1. The molecule has 104 valence electrons. The standard InChI is InChI=1S/C13H12FN3O3/c14-9-3-7-11(4-10(9)16-15)17(6-1-2-6)5-8(12(7)18)13(19)20/h3-6,16H,1-2,15H2,(H,19,20). The molecule has 0 unspecified atom stereocenters. The van der Waals surface area contributed by atoms with E-state index in [0.717, 1.165) is 18.9 Å². The van der Waals surface area contributed by atoms with Crippen molar-refractivity contribution in [3.05, 3.63) is 39.9 Å². The van der Waals surface area contributed by atoms with E-state index in [-0.39, 0.29) is 22.7 Å². The molecule has 0 atom stereocenters. The molecule has 0 saturated heterocycles. The molecule has 6 nitrogen and oxygen atoms in total. The average Bonchev–Trinajstić information content (AvgIpc) is 3.23. The Kier molecular flexibility index (Phi) is 2.72. The molecule has 1 aliphatic carbocycles. The summed E-state index contributed by atoms with van der Waals surface area (Å²) in [5.74, 6) is 3.22. The Bertz CT molecular complexity index is 781. The van der Waals surface area contributed by atoms with Crippen LogP contribution in [-0.4, -0.2) is 15.6 Å². The summed E-state index contributed by atoms with van der Waals surface area (Å²) in [4.78, 5) is 23.2. The van der Waals surface area contributed by atoms with E-state index in [0.29, 0.717) is 5.52 Å². The van der Waals surface area contributed by atoms with E-state index < -0.39 is 17.2 Å². The van der Waals surface area contributed by atoms with Gasteiger partial charge in [-0.05, 0) is 25.0 Å². The molecule has 3 rings (SSSR count). The van der Waals surface area contributed by atoms with Crippen molar-refractivity contribution >= 4 is 22.6 Å². The van der Waals surface area contributed by atoms with Gasteiger partial charge in [0.25, 0.3) is 0 Å². The Morgan fingerprint density at radius 2 is 2.15 bits per heavy atom. The molecular weight excluding hydrogens is 265 g/mol. The zero-order valence-corrected chi connectivity index (χ0v) is 10.4. The van der Waals surface area contributed by atoms with Gasteiger partial charge in [-0.25, -0.2) is 9.18 Å². The number of fused-ring (bicyclic) bond motifs is 1. The highest BCUT2D eigenvalue weighted by molar-refractivity contribution is 5.93. The summed E-state index contributed by atoms with van der Waals surface area (Å²) >= 11 is 0. The van der Waals surface area contributed by atoms with Crippen molar-refractivity contribution in [2.75, 3.05) is 5.43 Å². The molecule has 0 aliphatic heterocycles. The van der Waals surface area contributed by atoms with Crippen LogP contribution >= 0.6 is 0 Å². The molecule has 1 fully saturated rings. The minimum atomic E-state index is -1.31. The van der Waals surface area contributed by atoms with Gasteiger partial charge >= 0.3 is 5.97 Å². The smallest absolute Gasteiger partial charge is 0.341 e. The monoisotopic (exact) mass is 277 g/mol. The zero-order chi connectivity index (χ0) is 14.4. The van der Waals surface area contributed by atoms with Gasteiger partial charge in [0.05, 0.1) is 11.2 Å². The van der Waals surface area contributed by atoms with Crippen LogP contribution in [0.15, 0.2) is 23.1 Å². The van der Waals surface area contributed by atoms with Gasteiger partial charge in [-0.2, -0.15) is 0 Å². The topological polar surface area (TPSA) is 97.3 Å². The third kappa shape index (κ3) is 1.83. The number of hydrazine groups is 1. The number of nitrogens with two attached hydrogens (primary N) is 1. The summed E-state index contributed by atoms with van der Waals surface area (Å²) < 4.78 is 15.5. The van der Waals surface area contributed by atoms with Crippen LogP contribution in [0.4, 0.5) is 10.1 Å². The summed E-state index contributed by atoms with van der Waals surface area (Å²) in [5, 5.41) is 9.13. The van der Waals surface area contributed by atoms with Gasteiger partial charge in [0.15, 0.2) is 0 Å². The Balaban J connectivity index is 2.42. The first-order valence-electron chi connectivity index (χ1n) is 6.11. The van der Waals surface area contributed by atoms with Crippen LogP contribution in [0.2, 0.25) is 0 Å². The summed E-state index contributed by atoms with van der Waals surface area (Å²) in [6, 6.07) is 2.60. The Hall–Kier alpha value is -2.41. The van der Waals surface area contributed by atoms with Gasteiger partial charge in [0.2, 0.25) is 5.43 Å². The van der Waals surface area contributed by atoms with Crippen LogP contribution in [-0.2, 0) is 0 Å². The predicted octanol–water partition coefficient (Wildman–Crippen LogP) is 1.46. The normalized spacial score (nSPS) is 14.5. The van der Waals surface area contributed by atoms with Gasteiger partial charge in [-0.3, -0.25) is 10.6 Å². The highest BCUT2D eigenvalue weighted by Gasteiger charge is 2.27. The van der Waals surface area contributed by atoms with E-state index in [1.54, 1.807) is 4.57 Å². The summed E-state index contributed by atoms with van der Waals surface area (Å²) in [6.45, 7) is 0. The van der Waals surface area contributed by atoms with E-state index in [1.165, 1.54) is 12.3 Å².